The Balaban J connectivity index is 3.00. The minimum atomic E-state index is -1.08. The number of ether oxygens (including phenoxy) is 5. The van der Waals surface area contributed by atoms with Crippen molar-refractivity contribution in [3.8, 4) is 0 Å². The lowest BCUT2D eigenvalue weighted by Gasteiger charge is -2.41. The molecule has 4 atom stereocenters. The highest BCUT2D eigenvalue weighted by Gasteiger charge is 2.46. The van der Waals surface area contributed by atoms with Crippen molar-refractivity contribution in [2.45, 2.75) is 71.5 Å². The SMILES string of the molecule is CC(=O)OC[C@H]1OC[C@H](NC(=O)OC(C)(C)C)[C@@H](OC(C)=O)[C@@H]1OC(C)=O. The zero-order valence-electron chi connectivity index (χ0n) is 16.4. The summed E-state index contributed by atoms with van der Waals surface area (Å²) in [5.74, 6) is -1.83. The van der Waals surface area contributed by atoms with Gasteiger partial charge in [-0.25, -0.2) is 4.79 Å². The van der Waals surface area contributed by atoms with E-state index in [0.29, 0.717) is 0 Å². The molecule has 10 nitrogen and oxygen atoms in total. The molecule has 27 heavy (non-hydrogen) atoms. The van der Waals surface area contributed by atoms with E-state index in [0.717, 1.165) is 0 Å². The van der Waals surface area contributed by atoms with Crippen LogP contribution in [0.5, 0.6) is 0 Å². The van der Waals surface area contributed by atoms with Crippen molar-refractivity contribution in [3.63, 3.8) is 0 Å². The van der Waals surface area contributed by atoms with Crippen LogP contribution in [0.3, 0.4) is 0 Å². The van der Waals surface area contributed by atoms with E-state index < -0.39 is 54.0 Å². The highest BCUT2D eigenvalue weighted by Crippen LogP contribution is 2.23. The Morgan fingerprint density at radius 2 is 1.52 bits per heavy atom. The van der Waals surface area contributed by atoms with Crippen LogP contribution in [-0.4, -0.2) is 67.2 Å². The van der Waals surface area contributed by atoms with Crippen molar-refractivity contribution in [1.82, 2.24) is 5.32 Å². The summed E-state index contributed by atoms with van der Waals surface area (Å²) in [5, 5.41) is 2.56. The van der Waals surface area contributed by atoms with Gasteiger partial charge in [-0.1, -0.05) is 0 Å². The van der Waals surface area contributed by atoms with E-state index in [1.165, 1.54) is 20.8 Å². The van der Waals surface area contributed by atoms with Gasteiger partial charge in [0.15, 0.2) is 12.2 Å². The molecule has 0 aromatic rings. The second kappa shape index (κ2) is 9.54. The summed E-state index contributed by atoms with van der Waals surface area (Å²) in [4.78, 5) is 46.2. The molecule has 0 radical (unpaired) electrons. The Morgan fingerprint density at radius 3 is 2.00 bits per heavy atom. The molecular formula is C17H27NO9. The van der Waals surface area contributed by atoms with Gasteiger partial charge in [0.2, 0.25) is 0 Å². The Morgan fingerprint density at radius 1 is 0.963 bits per heavy atom. The van der Waals surface area contributed by atoms with Crippen LogP contribution in [0.4, 0.5) is 4.79 Å². The number of hydrogen-bond acceptors (Lipinski definition) is 9. The van der Waals surface area contributed by atoms with Crippen molar-refractivity contribution >= 4 is 24.0 Å². The van der Waals surface area contributed by atoms with E-state index in [2.05, 4.69) is 5.32 Å². The van der Waals surface area contributed by atoms with Gasteiger partial charge in [0.1, 0.15) is 18.3 Å². The summed E-state index contributed by atoms with van der Waals surface area (Å²) >= 11 is 0. The molecule has 0 spiro atoms. The number of carbonyl (C=O) groups excluding carboxylic acids is 4. The van der Waals surface area contributed by atoms with Gasteiger partial charge in [-0.15, -0.1) is 0 Å². The minimum Gasteiger partial charge on any atom is -0.463 e. The molecule has 0 bridgehead atoms. The summed E-state index contributed by atoms with van der Waals surface area (Å²) in [5.41, 5.74) is -0.732. The average molecular weight is 389 g/mol. The van der Waals surface area contributed by atoms with E-state index in [1.807, 2.05) is 0 Å². The normalized spacial score (nSPS) is 25.1. The fourth-order valence-corrected chi connectivity index (χ4v) is 2.46. The molecule has 1 saturated heterocycles. The van der Waals surface area contributed by atoms with Gasteiger partial charge in [0.25, 0.3) is 0 Å². The second-order valence-corrected chi connectivity index (χ2v) is 7.08. The van der Waals surface area contributed by atoms with E-state index >= 15 is 0 Å². The maximum atomic E-state index is 12.1. The molecule has 1 fully saturated rings. The topological polar surface area (TPSA) is 126 Å². The standard InChI is InChI=1S/C17H27NO9/c1-9(19)23-8-13-15(26-11(3)21)14(25-10(2)20)12(7-24-13)18-16(22)27-17(4,5)6/h12-15H,7-8H2,1-6H3,(H,18,22)/t12-,13+,14+,15+/m0/s1. The molecule has 0 aliphatic carbocycles. The van der Waals surface area contributed by atoms with Gasteiger partial charge in [-0.05, 0) is 20.8 Å². The summed E-state index contributed by atoms with van der Waals surface area (Å²) in [6, 6.07) is -0.832. The molecule has 154 valence electrons. The van der Waals surface area contributed by atoms with Gasteiger partial charge in [-0.2, -0.15) is 0 Å². The third-order valence-corrected chi connectivity index (χ3v) is 3.33. The molecule has 0 unspecified atom stereocenters. The first-order valence-electron chi connectivity index (χ1n) is 8.48. The minimum absolute atomic E-state index is 0.0686. The highest BCUT2D eigenvalue weighted by molar-refractivity contribution is 5.69. The molecular weight excluding hydrogens is 362 g/mol. The predicted molar refractivity (Wildman–Crippen MR) is 90.6 cm³/mol. The molecule has 0 aromatic carbocycles. The molecule has 1 N–H and O–H groups in total. The number of esters is 3. The summed E-state index contributed by atoms with van der Waals surface area (Å²) in [7, 11) is 0. The smallest absolute Gasteiger partial charge is 0.408 e. The van der Waals surface area contributed by atoms with Crippen molar-refractivity contribution in [1.29, 1.82) is 0 Å². The Labute approximate surface area is 157 Å². The maximum absolute atomic E-state index is 12.1. The predicted octanol–water partition coefficient (Wildman–Crippen LogP) is 0.705. The maximum Gasteiger partial charge on any atom is 0.408 e. The fourth-order valence-electron chi connectivity index (χ4n) is 2.46. The molecule has 1 rings (SSSR count). The molecule has 0 saturated carbocycles. The van der Waals surface area contributed by atoms with Crippen LogP contribution in [0.15, 0.2) is 0 Å². The lowest BCUT2D eigenvalue weighted by atomic mass is 9.97. The largest absolute Gasteiger partial charge is 0.463 e. The summed E-state index contributed by atoms with van der Waals surface area (Å²) in [6.45, 7) is 8.41. The first-order valence-corrected chi connectivity index (χ1v) is 8.48. The Hall–Kier alpha value is -2.36. The summed E-state index contributed by atoms with van der Waals surface area (Å²) in [6.07, 6.45) is -3.74. The molecule has 1 aliphatic heterocycles. The van der Waals surface area contributed by atoms with E-state index in [1.54, 1.807) is 20.8 Å². The van der Waals surface area contributed by atoms with Crippen molar-refractivity contribution in [3.05, 3.63) is 0 Å². The molecule has 1 aliphatic rings. The first kappa shape index (κ1) is 22.7. The van der Waals surface area contributed by atoms with E-state index in [4.69, 9.17) is 23.7 Å². The van der Waals surface area contributed by atoms with Gasteiger partial charge in [0, 0.05) is 20.8 Å². The lowest BCUT2D eigenvalue weighted by molar-refractivity contribution is -0.206. The monoisotopic (exact) mass is 389 g/mol. The number of hydrogen-bond donors (Lipinski definition) is 1. The number of nitrogens with one attached hydrogen (secondary N) is 1. The van der Waals surface area contributed by atoms with Crippen LogP contribution < -0.4 is 5.32 Å². The number of alkyl carbamates (subject to hydrolysis) is 1. The average Bonchev–Trinajstić information content (AvgIpc) is 2.46. The van der Waals surface area contributed by atoms with Crippen molar-refractivity contribution in [2.75, 3.05) is 13.2 Å². The highest BCUT2D eigenvalue weighted by atomic mass is 16.6. The quantitative estimate of drug-likeness (QED) is 0.534. The molecule has 1 heterocycles. The molecule has 10 heteroatoms. The van der Waals surface area contributed by atoms with Gasteiger partial charge in [0.05, 0.1) is 12.6 Å². The number of amides is 1. The Bertz CT molecular complexity index is 569. The lowest BCUT2D eigenvalue weighted by Crippen LogP contribution is -2.62. The van der Waals surface area contributed by atoms with Crippen LogP contribution in [-0.2, 0) is 38.1 Å². The van der Waals surface area contributed by atoms with Gasteiger partial charge >= 0.3 is 24.0 Å². The van der Waals surface area contributed by atoms with Crippen LogP contribution in [0.2, 0.25) is 0 Å². The third kappa shape index (κ3) is 8.25. The summed E-state index contributed by atoms with van der Waals surface area (Å²) < 4.78 is 26.2. The van der Waals surface area contributed by atoms with Crippen LogP contribution >= 0.6 is 0 Å². The molecule has 0 aromatic heterocycles. The first-order chi connectivity index (χ1) is 12.4. The number of rotatable bonds is 5. The number of carbonyl (C=O) groups is 4. The second-order valence-electron chi connectivity index (χ2n) is 7.08. The van der Waals surface area contributed by atoms with Gasteiger partial charge in [-0.3, -0.25) is 14.4 Å². The van der Waals surface area contributed by atoms with E-state index in [-0.39, 0.29) is 13.2 Å². The van der Waals surface area contributed by atoms with Crippen LogP contribution in [0.1, 0.15) is 41.5 Å². The zero-order valence-corrected chi connectivity index (χ0v) is 16.4. The van der Waals surface area contributed by atoms with E-state index in [9.17, 15) is 19.2 Å². The fraction of sp³-hybridized carbons (Fsp3) is 0.765. The van der Waals surface area contributed by atoms with Crippen molar-refractivity contribution in [2.24, 2.45) is 0 Å². The van der Waals surface area contributed by atoms with Crippen LogP contribution in [0.25, 0.3) is 0 Å². The third-order valence-electron chi connectivity index (χ3n) is 3.33. The van der Waals surface area contributed by atoms with Crippen LogP contribution in [0, 0.1) is 0 Å². The molecule has 1 amide bonds. The van der Waals surface area contributed by atoms with Gasteiger partial charge < -0.3 is 29.0 Å². The van der Waals surface area contributed by atoms with Crippen molar-refractivity contribution < 1.29 is 42.9 Å². The zero-order chi connectivity index (χ0) is 20.8. The Kier molecular flexibility index (Phi) is 8.01.